The highest BCUT2D eigenvalue weighted by Crippen LogP contribution is 2.27. The van der Waals surface area contributed by atoms with Gasteiger partial charge in [-0.2, -0.15) is 0 Å². The van der Waals surface area contributed by atoms with Gasteiger partial charge in [0.1, 0.15) is 0 Å². The van der Waals surface area contributed by atoms with Crippen LogP contribution >= 0.6 is 0 Å². The Balaban J connectivity index is 0.000000627. The fourth-order valence-corrected chi connectivity index (χ4v) is 12.6. The molecule has 4 heterocycles. The summed E-state index contributed by atoms with van der Waals surface area (Å²) in [5, 5.41) is 26.5. The molecule has 550 valence electrons. The standard InChI is InChI=1S/C20H36N4O.C19H38N2O2.C18H36N2O3S.C18H36N2O2/c1-15-12-22-16(13-21-15)14-23-18(25)17(24-20(5,6)7)10-8-9-11-19(2,3)4;1-18(2,3)12-8-7-9-16(20-19(4,5)6)17(23)21-13-10-15(22)11-14-21;1-17(2,3)10-8-7-9-15(19-18(4,5)6)16(21)20-11-13-24(22,23)14-12-20;1-17(2,3)10-8-7-9-15(19-18(4,5)6)16(21)20-11-13-22-14-12-20/h12-13,17,24H,8-11,14H2,1-7H3,(H,23,25);15-16,20,22H,7-14H2,1-6H3;15,19H,7-14H2,1-6H3;15,19H,7-14H2,1-6H3. The molecule has 1 aromatic rings. The number of piperidine rings is 1. The van der Waals surface area contributed by atoms with Gasteiger partial charge in [-0.1, -0.05) is 134 Å². The first kappa shape index (κ1) is 88.7. The molecule has 3 aliphatic heterocycles. The van der Waals surface area contributed by atoms with E-state index in [9.17, 15) is 32.7 Å². The summed E-state index contributed by atoms with van der Waals surface area (Å²) in [4.78, 5) is 65.2. The van der Waals surface area contributed by atoms with Gasteiger partial charge in [0.25, 0.3) is 0 Å². The fourth-order valence-electron chi connectivity index (χ4n) is 11.4. The van der Waals surface area contributed by atoms with Gasteiger partial charge in [0.2, 0.25) is 23.6 Å². The molecule has 4 rings (SSSR count). The molecule has 0 radical (unpaired) electrons. The number of aryl methyl sites for hydroxylation is 1. The smallest absolute Gasteiger partial charge is 0.239 e. The molecule has 4 atom stereocenters. The van der Waals surface area contributed by atoms with Crippen molar-refractivity contribution in [3.05, 3.63) is 23.8 Å². The topological polar surface area (TPSA) is 228 Å². The second-order valence-corrected chi connectivity index (χ2v) is 38.7. The Morgan fingerprint density at radius 2 is 0.777 bits per heavy atom. The van der Waals surface area contributed by atoms with Crippen molar-refractivity contribution in [3.8, 4) is 0 Å². The van der Waals surface area contributed by atoms with Crippen LogP contribution in [0.15, 0.2) is 12.4 Å². The number of rotatable bonds is 26. The van der Waals surface area contributed by atoms with Crippen LogP contribution in [0.2, 0.25) is 0 Å². The maximum absolute atomic E-state index is 12.9. The molecule has 4 unspecified atom stereocenters. The predicted octanol–water partition coefficient (Wildman–Crippen LogP) is 12.9. The number of nitrogens with one attached hydrogen (secondary N) is 5. The summed E-state index contributed by atoms with van der Waals surface area (Å²) < 4.78 is 28.5. The average molecular weight is 1350 g/mol. The number of carbonyl (C=O) groups is 4. The Morgan fingerprint density at radius 3 is 1.09 bits per heavy atom. The summed E-state index contributed by atoms with van der Waals surface area (Å²) in [6, 6.07) is -0.590. The number of amides is 4. The summed E-state index contributed by atoms with van der Waals surface area (Å²) in [7, 11) is -2.96. The minimum Gasteiger partial charge on any atom is -0.393 e. The predicted molar refractivity (Wildman–Crippen MR) is 391 cm³/mol. The van der Waals surface area contributed by atoms with Crippen molar-refractivity contribution in [2.45, 2.75) is 348 Å². The SMILES string of the molecule is CC(C)(C)CCCCC(NC(C)(C)C)C(=O)N1CCC(O)CC1.CC(C)(C)CCCCC(NC(C)(C)C)C(=O)N1CCOCC1.CC(C)(C)CCCCC(NC(C)(C)C)C(=O)N1CCS(=O)(=O)CC1.Cc1cnc(CNC(=O)C(CCCCC(C)(C)C)NC(C)(C)C)cn1. The zero-order valence-corrected chi connectivity index (χ0v) is 65.8. The van der Waals surface area contributed by atoms with Crippen molar-refractivity contribution < 1.29 is 37.4 Å². The first-order valence-electron chi connectivity index (χ1n) is 36.3. The van der Waals surface area contributed by atoms with E-state index in [1.165, 1.54) is 25.7 Å². The molecule has 0 spiro atoms. The molecule has 0 saturated carbocycles. The van der Waals surface area contributed by atoms with Crippen molar-refractivity contribution in [1.82, 2.24) is 51.3 Å². The molecule has 1 aromatic heterocycles. The average Bonchev–Trinajstić information content (AvgIpc) is 0.881. The number of aliphatic hydroxyl groups is 1. The molecule has 3 aliphatic rings. The fraction of sp³-hybridized carbons (Fsp3) is 0.893. The second-order valence-electron chi connectivity index (χ2n) is 36.4. The van der Waals surface area contributed by atoms with Crippen LogP contribution in [-0.4, -0.2) is 178 Å². The van der Waals surface area contributed by atoms with Crippen LogP contribution in [0.5, 0.6) is 0 Å². The quantitative estimate of drug-likeness (QED) is 0.0475. The lowest BCUT2D eigenvalue weighted by Gasteiger charge is -2.35. The molecule has 94 heavy (non-hydrogen) atoms. The van der Waals surface area contributed by atoms with E-state index >= 15 is 0 Å². The number of nitrogens with zero attached hydrogens (tertiary/aromatic N) is 5. The van der Waals surface area contributed by atoms with Crippen LogP contribution in [0.3, 0.4) is 0 Å². The lowest BCUT2D eigenvalue weighted by Crippen LogP contribution is -2.55. The van der Waals surface area contributed by atoms with Crippen molar-refractivity contribution in [2.75, 3.05) is 64.0 Å². The van der Waals surface area contributed by atoms with Crippen molar-refractivity contribution in [3.63, 3.8) is 0 Å². The third-order valence-electron chi connectivity index (χ3n) is 16.4. The molecule has 0 aromatic carbocycles. The van der Waals surface area contributed by atoms with Gasteiger partial charge in [-0.25, -0.2) is 8.42 Å². The second kappa shape index (κ2) is 40.7. The van der Waals surface area contributed by atoms with Gasteiger partial charge in [0, 0.05) is 67.6 Å². The maximum Gasteiger partial charge on any atom is 0.239 e. The van der Waals surface area contributed by atoms with Crippen LogP contribution in [0.1, 0.15) is 293 Å². The Bertz CT molecular complexity index is 2390. The lowest BCUT2D eigenvalue weighted by atomic mass is 9.89. The summed E-state index contributed by atoms with van der Waals surface area (Å²) in [5.74, 6) is 0.718. The molecular weight excluding hydrogens is 1200 g/mol. The van der Waals surface area contributed by atoms with E-state index in [1.54, 1.807) is 17.3 Å². The number of sulfone groups is 1. The van der Waals surface area contributed by atoms with Crippen molar-refractivity contribution in [2.24, 2.45) is 21.7 Å². The van der Waals surface area contributed by atoms with Gasteiger partial charge in [-0.3, -0.25) is 29.1 Å². The summed E-state index contributed by atoms with van der Waals surface area (Å²) in [6.07, 6.45) is 21.6. The number of morpholine rings is 1. The Labute approximate surface area is 576 Å². The van der Waals surface area contributed by atoms with Crippen molar-refractivity contribution in [1.29, 1.82) is 0 Å². The number of likely N-dealkylation sites (tertiary alicyclic amines) is 1. The molecule has 4 amide bonds. The highest BCUT2D eigenvalue weighted by Gasteiger charge is 2.34. The van der Waals surface area contributed by atoms with Crippen LogP contribution in [-0.2, 0) is 40.3 Å². The largest absolute Gasteiger partial charge is 0.393 e. The summed E-state index contributed by atoms with van der Waals surface area (Å²) >= 11 is 0. The molecule has 3 fully saturated rings. The van der Waals surface area contributed by atoms with Gasteiger partial charge in [-0.05, 0) is 176 Å². The third-order valence-corrected chi connectivity index (χ3v) is 18.0. The van der Waals surface area contributed by atoms with E-state index in [-0.39, 0.29) is 87.6 Å². The normalized spacial score (nSPS) is 17.7. The van der Waals surface area contributed by atoms with Crippen LogP contribution in [0.25, 0.3) is 0 Å². The lowest BCUT2D eigenvalue weighted by molar-refractivity contribution is -0.138. The molecule has 19 heteroatoms. The van der Waals surface area contributed by atoms with Gasteiger partial charge in [-0.15, -0.1) is 0 Å². The minimum absolute atomic E-state index is 0.0352. The molecule has 0 bridgehead atoms. The van der Waals surface area contributed by atoms with E-state index in [4.69, 9.17) is 4.74 Å². The number of aliphatic hydroxyl groups excluding tert-OH is 1. The number of unbranched alkanes of at least 4 members (excludes halogenated alkanes) is 4. The van der Waals surface area contributed by atoms with Gasteiger partial charge < -0.3 is 51.1 Å². The minimum atomic E-state index is -2.96. The highest BCUT2D eigenvalue weighted by atomic mass is 32.2. The van der Waals surface area contributed by atoms with Gasteiger partial charge >= 0.3 is 0 Å². The Kier molecular flexibility index (Phi) is 38.4. The van der Waals surface area contributed by atoms with Crippen LogP contribution < -0.4 is 26.6 Å². The van der Waals surface area contributed by atoms with E-state index in [1.807, 2.05) is 16.7 Å². The maximum atomic E-state index is 12.9. The highest BCUT2D eigenvalue weighted by molar-refractivity contribution is 7.91. The number of hydrogen-bond acceptors (Lipinski definition) is 14. The number of aromatic nitrogens is 2. The Hall–Kier alpha value is -3.33. The number of hydrogen-bond donors (Lipinski definition) is 6. The van der Waals surface area contributed by atoms with Gasteiger partial charge in [0.05, 0.1) is 79.1 Å². The molecular formula is C75H146N10O8S. The summed E-state index contributed by atoms with van der Waals surface area (Å²) in [6.45, 7) is 59.4. The first-order valence-corrected chi connectivity index (χ1v) is 38.1. The van der Waals surface area contributed by atoms with Crippen LogP contribution in [0, 0.1) is 28.6 Å². The zero-order valence-electron chi connectivity index (χ0n) is 65.0. The van der Waals surface area contributed by atoms with E-state index in [2.05, 4.69) is 203 Å². The van der Waals surface area contributed by atoms with E-state index < -0.39 is 9.84 Å². The third kappa shape index (κ3) is 46.0. The molecule has 3 saturated heterocycles. The monoisotopic (exact) mass is 1350 g/mol. The van der Waals surface area contributed by atoms with Gasteiger partial charge in [0.15, 0.2) is 9.84 Å². The first-order chi connectivity index (χ1) is 42.8. The van der Waals surface area contributed by atoms with E-state index in [0.717, 1.165) is 102 Å². The van der Waals surface area contributed by atoms with E-state index in [0.29, 0.717) is 80.4 Å². The molecule has 6 N–H and O–H groups in total. The molecule has 0 aliphatic carbocycles. The van der Waals surface area contributed by atoms with Crippen LogP contribution in [0.4, 0.5) is 0 Å². The zero-order chi connectivity index (χ0) is 72.2. The summed E-state index contributed by atoms with van der Waals surface area (Å²) in [5.41, 5.74) is 2.69. The Morgan fingerprint density at radius 1 is 0.468 bits per heavy atom. The van der Waals surface area contributed by atoms with Crippen molar-refractivity contribution >= 4 is 33.5 Å². The molecule has 18 nitrogen and oxygen atoms in total. The number of ether oxygens (including phenoxy) is 1. The number of carbonyl (C=O) groups excluding carboxylic acids is 4.